The number of hydrogen-bond donors (Lipinski definition) is 1. The smallest absolute Gasteiger partial charge is 0.333 e. The molecule has 0 aliphatic rings. The molecular formula is C19H32O4. The summed E-state index contributed by atoms with van der Waals surface area (Å²) in [6, 6.07) is 0. The highest BCUT2D eigenvalue weighted by atomic mass is 16.5. The van der Waals surface area contributed by atoms with Gasteiger partial charge in [-0.3, -0.25) is 0 Å². The molecule has 0 spiro atoms. The van der Waals surface area contributed by atoms with Gasteiger partial charge in [0.15, 0.2) is 0 Å². The van der Waals surface area contributed by atoms with E-state index in [1.165, 1.54) is 12.8 Å². The quantitative estimate of drug-likeness (QED) is 0.297. The Morgan fingerprint density at radius 1 is 1.22 bits per heavy atom. The first-order valence-electron chi connectivity index (χ1n) is 8.67. The summed E-state index contributed by atoms with van der Waals surface area (Å²) >= 11 is 0. The fourth-order valence-electron chi connectivity index (χ4n) is 2.29. The molecule has 0 heterocycles. The molecule has 1 N–H and O–H groups in total. The predicted octanol–water partition coefficient (Wildman–Crippen LogP) is 4.89. The van der Waals surface area contributed by atoms with Gasteiger partial charge in [0.1, 0.15) is 0 Å². The van der Waals surface area contributed by atoms with Gasteiger partial charge < -0.3 is 9.84 Å². The summed E-state index contributed by atoms with van der Waals surface area (Å²) in [6.45, 7) is 10.1. The first-order valence-corrected chi connectivity index (χ1v) is 8.67. The van der Waals surface area contributed by atoms with E-state index in [0.717, 1.165) is 32.1 Å². The van der Waals surface area contributed by atoms with E-state index in [9.17, 15) is 9.59 Å². The molecule has 0 amide bonds. The lowest BCUT2D eigenvalue weighted by Gasteiger charge is -2.15. The molecule has 0 aromatic rings. The summed E-state index contributed by atoms with van der Waals surface area (Å²) in [5.74, 6) is -0.669. The fraction of sp³-hybridized carbons (Fsp3) is 0.684. The predicted molar refractivity (Wildman–Crippen MR) is 93.3 cm³/mol. The van der Waals surface area contributed by atoms with Gasteiger partial charge in [-0.2, -0.15) is 0 Å². The Labute approximate surface area is 140 Å². The number of carbonyl (C=O) groups is 2. The average molecular weight is 324 g/mol. The maximum atomic E-state index is 11.9. The number of ether oxygens (including phenoxy) is 1. The molecule has 0 fully saturated rings. The van der Waals surface area contributed by atoms with Gasteiger partial charge in [0, 0.05) is 11.1 Å². The first-order chi connectivity index (χ1) is 10.9. The van der Waals surface area contributed by atoms with Crippen molar-refractivity contribution in [1.82, 2.24) is 0 Å². The van der Waals surface area contributed by atoms with Crippen LogP contribution in [0.3, 0.4) is 0 Å². The minimum absolute atomic E-state index is 0.294. The van der Waals surface area contributed by atoms with E-state index in [0.29, 0.717) is 30.1 Å². The number of esters is 1. The monoisotopic (exact) mass is 324 g/mol. The van der Waals surface area contributed by atoms with Crippen molar-refractivity contribution in [2.24, 2.45) is 5.92 Å². The minimum atomic E-state index is -0.888. The second kappa shape index (κ2) is 12.9. The maximum Gasteiger partial charge on any atom is 0.333 e. The Balaban J connectivity index is 3.90. The molecule has 1 atom stereocenters. The van der Waals surface area contributed by atoms with Gasteiger partial charge in [-0.25, -0.2) is 9.59 Å². The molecule has 0 saturated carbocycles. The van der Waals surface area contributed by atoms with E-state index in [-0.39, 0.29) is 5.97 Å². The van der Waals surface area contributed by atoms with Crippen molar-refractivity contribution in [3.63, 3.8) is 0 Å². The van der Waals surface area contributed by atoms with Crippen LogP contribution >= 0.6 is 0 Å². The lowest BCUT2D eigenvalue weighted by Crippen LogP contribution is -2.12. The molecule has 4 nitrogen and oxygen atoms in total. The van der Waals surface area contributed by atoms with Crippen LogP contribution in [0, 0.1) is 5.92 Å². The number of hydrogen-bond acceptors (Lipinski definition) is 3. The Morgan fingerprint density at radius 2 is 1.91 bits per heavy atom. The SMILES string of the molecule is C=C(CC(CC)CCCC)C(=O)OCCCCC=C(C)C(=O)O. The number of unbranched alkanes of at least 4 members (excludes halogenated alkanes) is 3. The van der Waals surface area contributed by atoms with E-state index in [1.54, 1.807) is 13.0 Å². The number of allylic oxidation sites excluding steroid dienone is 1. The van der Waals surface area contributed by atoms with Crippen LogP contribution in [0.5, 0.6) is 0 Å². The molecule has 0 rings (SSSR count). The summed E-state index contributed by atoms with van der Waals surface area (Å²) in [5, 5.41) is 8.72. The van der Waals surface area contributed by atoms with Crippen molar-refractivity contribution in [2.75, 3.05) is 6.61 Å². The standard InChI is InChI=1S/C19H32O4/c1-5-7-12-17(6-2)14-16(4)19(22)23-13-10-8-9-11-15(3)18(20)21/h11,17H,4-10,12-14H2,1-3H3,(H,20,21). The highest BCUT2D eigenvalue weighted by molar-refractivity contribution is 5.87. The summed E-state index contributed by atoms with van der Waals surface area (Å²) in [5.41, 5.74) is 0.919. The molecule has 0 aliphatic carbocycles. The molecule has 0 radical (unpaired) electrons. The molecule has 0 saturated heterocycles. The summed E-state index contributed by atoms with van der Waals surface area (Å²) in [4.78, 5) is 22.5. The second-order valence-electron chi connectivity index (χ2n) is 6.05. The van der Waals surface area contributed by atoms with E-state index < -0.39 is 5.97 Å². The maximum absolute atomic E-state index is 11.9. The lowest BCUT2D eigenvalue weighted by molar-refractivity contribution is -0.139. The van der Waals surface area contributed by atoms with Gasteiger partial charge >= 0.3 is 11.9 Å². The largest absolute Gasteiger partial charge is 0.478 e. The zero-order valence-corrected chi connectivity index (χ0v) is 14.9. The first kappa shape index (κ1) is 21.4. The molecular weight excluding hydrogens is 292 g/mol. The van der Waals surface area contributed by atoms with Crippen LogP contribution in [0.15, 0.2) is 23.8 Å². The Morgan fingerprint density at radius 3 is 2.48 bits per heavy atom. The second-order valence-corrected chi connectivity index (χ2v) is 6.05. The van der Waals surface area contributed by atoms with Crippen LogP contribution in [0.2, 0.25) is 0 Å². The Hall–Kier alpha value is -1.58. The van der Waals surface area contributed by atoms with Gasteiger partial charge in [0.05, 0.1) is 6.61 Å². The van der Waals surface area contributed by atoms with Gasteiger partial charge in [-0.15, -0.1) is 0 Å². The van der Waals surface area contributed by atoms with Gasteiger partial charge in [0.25, 0.3) is 0 Å². The number of aliphatic carboxylic acids is 1. The van der Waals surface area contributed by atoms with Crippen LogP contribution < -0.4 is 0 Å². The number of rotatable bonds is 13. The number of carboxylic acids is 1. The fourth-order valence-corrected chi connectivity index (χ4v) is 2.29. The number of carboxylic acid groups (broad SMARTS) is 1. The van der Waals surface area contributed by atoms with E-state index in [1.807, 2.05) is 0 Å². The van der Waals surface area contributed by atoms with Crippen molar-refractivity contribution in [2.45, 2.75) is 72.1 Å². The third-order valence-corrected chi connectivity index (χ3v) is 3.99. The van der Waals surface area contributed by atoms with Crippen molar-refractivity contribution in [3.8, 4) is 0 Å². The van der Waals surface area contributed by atoms with Crippen LogP contribution in [-0.2, 0) is 14.3 Å². The minimum Gasteiger partial charge on any atom is -0.478 e. The molecule has 132 valence electrons. The Bertz CT molecular complexity index is 410. The molecule has 23 heavy (non-hydrogen) atoms. The van der Waals surface area contributed by atoms with Crippen LogP contribution in [0.25, 0.3) is 0 Å². The van der Waals surface area contributed by atoms with Crippen molar-refractivity contribution < 1.29 is 19.4 Å². The van der Waals surface area contributed by atoms with E-state index in [2.05, 4.69) is 20.4 Å². The van der Waals surface area contributed by atoms with Crippen molar-refractivity contribution >= 4 is 11.9 Å². The van der Waals surface area contributed by atoms with Crippen LogP contribution in [0.1, 0.15) is 72.1 Å². The molecule has 0 bridgehead atoms. The average Bonchev–Trinajstić information content (AvgIpc) is 2.53. The molecule has 0 aromatic carbocycles. The van der Waals surface area contributed by atoms with Gasteiger partial charge in [-0.05, 0) is 38.5 Å². The summed E-state index contributed by atoms with van der Waals surface area (Å²) in [7, 11) is 0. The van der Waals surface area contributed by atoms with Crippen LogP contribution in [0.4, 0.5) is 0 Å². The highest BCUT2D eigenvalue weighted by Crippen LogP contribution is 2.21. The van der Waals surface area contributed by atoms with Crippen LogP contribution in [-0.4, -0.2) is 23.7 Å². The van der Waals surface area contributed by atoms with Gasteiger partial charge in [0.2, 0.25) is 0 Å². The van der Waals surface area contributed by atoms with Crippen molar-refractivity contribution in [1.29, 1.82) is 0 Å². The van der Waals surface area contributed by atoms with Gasteiger partial charge in [-0.1, -0.05) is 52.2 Å². The third kappa shape index (κ3) is 10.7. The third-order valence-electron chi connectivity index (χ3n) is 3.99. The molecule has 0 aromatic heterocycles. The zero-order valence-electron chi connectivity index (χ0n) is 14.9. The topological polar surface area (TPSA) is 63.6 Å². The summed E-state index contributed by atoms with van der Waals surface area (Å²) < 4.78 is 5.23. The van der Waals surface area contributed by atoms with E-state index in [4.69, 9.17) is 9.84 Å². The number of carbonyl (C=O) groups excluding carboxylic acids is 1. The summed E-state index contributed by atoms with van der Waals surface area (Å²) in [6.07, 6.45) is 9.18. The lowest BCUT2D eigenvalue weighted by atomic mass is 9.92. The zero-order chi connectivity index (χ0) is 17.7. The Kier molecular flexibility index (Phi) is 12.0. The highest BCUT2D eigenvalue weighted by Gasteiger charge is 2.14. The molecule has 0 aliphatic heterocycles. The van der Waals surface area contributed by atoms with E-state index >= 15 is 0 Å². The normalized spacial score (nSPS) is 12.7. The molecule has 1 unspecified atom stereocenters. The molecule has 4 heteroatoms. The van der Waals surface area contributed by atoms with Crippen molar-refractivity contribution in [3.05, 3.63) is 23.8 Å².